The van der Waals surface area contributed by atoms with Gasteiger partial charge in [-0.1, -0.05) is 54.1 Å². The first-order chi connectivity index (χ1) is 15.0. The molecule has 0 saturated carbocycles. The van der Waals surface area contributed by atoms with Crippen molar-refractivity contribution in [2.45, 2.75) is 40.3 Å². The van der Waals surface area contributed by atoms with Gasteiger partial charge in [0.05, 0.1) is 0 Å². The van der Waals surface area contributed by atoms with Crippen LogP contribution in [-0.2, 0) is 19.5 Å². The highest BCUT2D eigenvalue weighted by Gasteiger charge is 2.26. The van der Waals surface area contributed by atoms with E-state index in [2.05, 4.69) is 74.0 Å². The zero-order valence-electron chi connectivity index (χ0n) is 18.5. The van der Waals surface area contributed by atoms with Crippen LogP contribution in [0, 0.1) is 20.8 Å². The Morgan fingerprint density at radius 1 is 0.839 bits per heavy atom. The second kappa shape index (κ2) is 7.73. The summed E-state index contributed by atoms with van der Waals surface area (Å²) in [6.45, 7) is 8.65. The maximum atomic E-state index is 13.5. The van der Waals surface area contributed by atoms with E-state index in [0.717, 1.165) is 36.0 Å². The smallest absolute Gasteiger partial charge is 0.254 e. The minimum atomic E-state index is 0.136. The van der Waals surface area contributed by atoms with Crippen LogP contribution in [0.1, 0.15) is 43.7 Å². The topological polar surface area (TPSA) is 25.2 Å². The quantitative estimate of drug-likeness (QED) is 0.418. The summed E-state index contributed by atoms with van der Waals surface area (Å²) >= 11 is 0. The van der Waals surface area contributed by atoms with Gasteiger partial charge in [-0.05, 0) is 67.1 Å². The Kier molecular flexibility index (Phi) is 4.90. The van der Waals surface area contributed by atoms with Crippen molar-refractivity contribution in [3.8, 4) is 0 Å². The van der Waals surface area contributed by atoms with Crippen LogP contribution < -0.4 is 0 Å². The highest BCUT2D eigenvalue weighted by molar-refractivity contribution is 6.08. The number of carbonyl (C=O) groups is 1. The fourth-order valence-corrected chi connectivity index (χ4v) is 4.76. The molecule has 0 bridgehead atoms. The number of rotatable bonds is 4. The normalized spacial score (nSPS) is 13.6. The molecule has 1 amide bonds. The van der Waals surface area contributed by atoms with Crippen LogP contribution in [0.5, 0.6) is 0 Å². The number of hydrogen-bond acceptors (Lipinski definition) is 1. The van der Waals surface area contributed by atoms with Crippen molar-refractivity contribution < 1.29 is 4.79 Å². The Bertz CT molecular complexity index is 1300. The molecule has 1 aliphatic heterocycles. The molecule has 1 aromatic heterocycles. The molecule has 0 radical (unpaired) electrons. The summed E-state index contributed by atoms with van der Waals surface area (Å²) < 4.78 is 2.32. The van der Waals surface area contributed by atoms with Crippen LogP contribution in [0.2, 0.25) is 0 Å². The standard InChI is InChI=1S/C28H28N2O/c1-19-11-12-21(3)24(15-19)18-30-17-23-13-14-29(16-22-8-5-4-7-20(22)2)28(31)25-9-6-10-26(30)27(23)25/h4-12,15,17H,13-14,16,18H2,1-3H3. The maximum absolute atomic E-state index is 13.5. The van der Waals surface area contributed by atoms with Gasteiger partial charge in [0.1, 0.15) is 0 Å². The van der Waals surface area contributed by atoms with Crippen LogP contribution >= 0.6 is 0 Å². The van der Waals surface area contributed by atoms with E-state index in [0.29, 0.717) is 6.54 Å². The molecule has 4 aromatic rings. The highest BCUT2D eigenvalue weighted by Crippen LogP contribution is 2.31. The van der Waals surface area contributed by atoms with Gasteiger partial charge >= 0.3 is 0 Å². The van der Waals surface area contributed by atoms with Gasteiger partial charge < -0.3 is 9.47 Å². The third kappa shape index (κ3) is 3.54. The molecular formula is C28H28N2O. The zero-order chi connectivity index (χ0) is 21.5. The summed E-state index contributed by atoms with van der Waals surface area (Å²) in [5.41, 5.74) is 9.62. The summed E-state index contributed by atoms with van der Waals surface area (Å²) in [5, 5.41) is 1.13. The number of aryl methyl sites for hydroxylation is 3. The van der Waals surface area contributed by atoms with E-state index in [1.54, 1.807) is 0 Å². The molecule has 0 unspecified atom stereocenters. The van der Waals surface area contributed by atoms with Gasteiger partial charge in [-0.15, -0.1) is 0 Å². The summed E-state index contributed by atoms with van der Waals surface area (Å²) in [5.74, 6) is 0.136. The van der Waals surface area contributed by atoms with E-state index >= 15 is 0 Å². The lowest BCUT2D eigenvalue weighted by Crippen LogP contribution is -2.31. The van der Waals surface area contributed by atoms with Gasteiger partial charge in [0.2, 0.25) is 0 Å². The van der Waals surface area contributed by atoms with E-state index in [1.807, 2.05) is 23.1 Å². The van der Waals surface area contributed by atoms with Crippen molar-refractivity contribution in [1.29, 1.82) is 0 Å². The Balaban J connectivity index is 1.53. The first-order valence-electron chi connectivity index (χ1n) is 11.0. The lowest BCUT2D eigenvalue weighted by atomic mass is 10.0. The fourth-order valence-electron chi connectivity index (χ4n) is 4.76. The van der Waals surface area contributed by atoms with Crippen LogP contribution in [0.15, 0.2) is 66.9 Å². The van der Waals surface area contributed by atoms with Crippen molar-refractivity contribution in [1.82, 2.24) is 9.47 Å². The van der Waals surface area contributed by atoms with Gasteiger partial charge in [-0.3, -0.25) is 4.79 Å². The third-order valence-corrected chi connectivity index (χ3v) is 6.62. The molecule has 0 fully saturated rings. The van der Waals surface area contributed by atoms with E-state index in [9.17, 15) is 4.79 Å². The second-order valence-electron chi connectivity index (χ2n) is 8.82. The summed E-state index contributed by atoms with van der Waals surface area (Å²) in [7, 11) is 0. The first kappa shape index (κ1) is 19.6. The monoisotopic (exact) mass is 408 g/mol. The zero-order valence-corrected chi connectivity index (χ0v) is 18.5. The summed E-state index contributed by atoms with van der Waals surface area (Å²) in [6, 6.07) is 21.1. The number of aromatic nitrogens is 1. The summed E-state index contributed by atoms with van der Waals surface area (Å²) in [6.07, 6.45) is 3.14. The van der Waals surface area contributed by atoms with E-state index in [1.165, 1.54) is 33.4 Å². The van der Waals surface area contributed by atoms with Crippen LogP contribution in [0.4, 0.5) is 0 Å². The van der Waals surface area contributed by atoms with Crippen LogP contribution in [0.3, 0.4) is 0 Å². The number of carbonyl (C=O) groups excluding carboxylic acids is 1. The van der Waals surface area contributed by atoms with Crippen molar-refractivity contribution in [3.63, 3.8) is 0 Å². The molecule has 3 heteroatoms. The van der Waals surface area contributed by atoms with E-state index < -0.39 is 0 Å². The molecule has 0 saturated heterocycles. The lowest BCUT2D eigenvalue weighted by molar-refractivity contribution is 0.0750. The second-order valence-corrected chi connectivity index (χ2v) is 8.82. The van der Waals surface area contributed by atoms with Gasteiger partial charge in [-0.2, -0.15) is 0 Å². The predicted octanol–water partition coefficient (Wildman–Crippen LogP) is 5.81. The number of amides is 1. The summed E-state index contributed by atoms with van der Waals surface area (Å²) in [4.78, 5) is 15.5. The molecular weight excluding hydrogens is 380 g/mol. The molecule has 156 valence electrons. The minimum Gasteiger partial charge on any atom is -0.343 e. The third-order valence-electron chi connectivity index (χ3n) is 6.62. The Morgan fingerprint density at radius 2 is 1.65 bits per heavy atom. The predicted molar refractivity (Wildman–Crippen MR) is 127 cm³/mol. The maximum Gasteiger partial charge on any atom is 0.254 e. The number of benzene rings is 3. The minimum absolute atomic E-state index is 0.136. The Morgan fingerprint density at radius 3 is 2.48 bits per heavy atom. The number of nitrogens with zero attached hydrogens (tertiary/aromatic N) is 2. The van der Waals surface area contributed by atoms with Gasteiger partial charge in [0.15, 0.2) is 0 Å². The largest absolute Gasteiger partial charge is 0.343 e. The molecule has 0 aliphatic carbocycles. The van der Waals surface area contributed by atoms with Crippen molar-refractivity contribution in [2.24, 2.45) is 0 Å². The molecule has 31 heavy (non-hydrogen) atoms. The average Bonchev–Trinajstić information content (AvgIpc) is 3.05. The molecule has 0 spiro atoms. The fraction of sp³-hybridized carbons (Fsp3) is 0.250. The Hall–Kier alpha value is -3.33. The molecule has 0 N–H and O–H groups in total. The van der Waals surface area contributed by atoms with E-state index in [4.69, 9.17) is 0 Å². The van der Waals surface area contributed by atoms with Gasteiger partial charge in [0, 0.05) is 42.3 Å². The van der Waals surface area contributed by atoms with Crippen molar-refractivity contribution in [2.75, 3.05) is 6.54 Å². The Labute approximate surface area is 183 Å². The first-order valence-corrected chi connectivity index (χ1v) is 11.0. The SMILES string of the molecule is Cc1ccc(C)c(Cn2cc3c4c(cccc42)C(=O)N(Cc2ccccc2C)CC3)c1. The van der Waals surface area contributed by atoms with Gasteiger partial charge in [-0.25, -0.2) is 0 Å². The molecule has 3 nitrogen and oxygen atoms in total. The lowest BCUT2D eigenvalue weighted by Gasteiger charge is -2.22. The van der Waals surface area contributed by atoms with Crippen molar-refractivity contribution >= 4 is 16.8 Å². The molecule has 5 rings (SSSR count). The van der Waals surface area contributed by atoms with Crippen LogP contribution in [-0.4, -0.2) is 21.9 Å². The van der Waals surface area contributed by atoms with Crippen LogP contribution in [0.25, 0.3) is 10.9 Å². The van der Waals surface area contributed by atoms with E-state index in [-0.39, 0.29) is 5.91 Å². The molecule has 1 aliphatic rings. The average molecular weight is 409 g/mol. The van der Waals surface area contributed by atoms with Crippen molar-refractivity contribution in [3.05, 3.63) is 106 Å². The molecule has 3 aromatic carbocycles. The highest BCUT2D eigenvalue weighted by atomic mass is 16.2. The molecule has 2 heterocycles. The number of hydrogen-bond donors (Lipinski definition) is 0. The van der Waals surface area contributed by atoms with Gasteiger partial charge in [0.25, 0.3) is 5.91 Å². The molecule has 0 atom stereocenters.